The highest BCUT2D eigenvalue weighted by atomic mass is 32.2. The molecule has 2 aromatic carbocycles. The van der Waals surface area contributed by atoms with E-state index >= 15 is 0 Å². The smallest absolute Gasteiger partial charge is 0.422 e. The summed E-state index contributed by atoms with van der Waals surface area (Å²) in [5, 5.41) is 0. The van der Waals surface area contributed by atoms with E-state index in [1.54, 1.807) is 76.2 Å². The zero-order chi connectivity index (χ0) is 108. The number of rotatable bonds is 36. The van der Waals surface area contributed by atoms with Crippen LogP contribution in [0.5, 0.6) is 0 Å². The summed E-state index contributed by atoms with van der Waals surface area (Å²) in [5.41, 5.74) is 1.54. The van der Waals surface area contributed by atoms with Gasteiger partial charge in [0, 0.05) is 0 Å². The molecule has 0 amide bonds. The quantitative estimate of drug-likeness (QED) is 0.0229. The van der Waals surface area contributed by atoms with Gasteiger partial charge in [-0.2, -0.15) is 55.8 Å². The lowest BCUT2D eigenvalue weighted by molar-refractivity contribution is -0.198. The van der Waals surface area contributed by atoms with E-state index in [1.165, 1.54) is 12.2 Å². The van der Waals surface area contributed by atoms with Gasteiger partial charge in [0.1, 0.15) is 38.6 Å². The van der Waals surface area contributed by atoms with Crippen molar-refractivity contribution < 1.29 is 248 Å². The van der Waals surface area contributed by atoms with E-state index in [1.807, 2.05) is 26.0 Å². The Hall–Kier alpha value is -10.3. The van der Waals surface area contributed by atoms with Crippen LogP contribution in [-0.4, -0.2) is 288 Å². The van der Waals surface area contributed by atoms with E-state index in [9.17, 15) is 123 Å². The van der Waals surface area contributed by atoms with E-state index in [-0.39, 0.29) is 77.3 Å². The lowest BCUT2D eigenvalue weighted by Gasteiger charge is -2.25. The van der Waals surface area contributed by atoms with Gasteiger partial charge in [-0.05, 0) is 103 Å². The van der Waals surface area contributed by atoms with Crippen LogP contribution in [0.2, 0.25) is 0 Å². The third-order valence-corrected chi connectivity index (χ3v) is 23.2. The van der Waals surface area contributed by atoms with Gasteiger partial charge in [0.2, 0.25) is 85.5 Å². The summed E-state index contributed by atoms with van der Waals surface area (Å²) in [4.78, 5) is 164. The number of hydrogen-bond acceptors (Lipinski definition) is 49. The molecule has 49 nitrogen and oxygen atoms in total. The van der Waals surface area contributed by atoms with Crippen LogP contribution in [0, 0.1) is 24.7 Å². The fourth-order valence-corrected chi connectivity index (χ4v) is 16.7. The molecule has 816 valence electrons. The van der Waals surface area contributed by atoms with Crippen LogP contribution < -0.4 is 0 Å². The van der Waals surface area contributed by atoms with Crippen molar-refractivity contribution in [1.29, 1.82) is 0 Å². The van der Waals surface area contributed by atoms with Gasteiger partial charge in [0.25, 0.3) is 0 Å². The Kier molecular flexibility index (Phi) is 57.2. The number of carbonyl (C=O) groups is 14. The van der Waals surface area contributed by atoms with Crippen molar-refractivity contribution in [1.82, 2.24) is 0 Å². The maximum atomic E-state index is 12.3. The van der Waals surface area contributed by atoms with Crippen molar-refractivity contribution in [3.05, 3.63) is 97.1 Å². The Morgan fingerprint density at radius 1 is 0.336 bits per heavy atom. The second-order valence-corrected chi connectivity index (χ2v) is 35.7. The molecular formula is C84H102F6O49S7. The fourth-order valence-electron chi connectivity index (χ4n) is 11.5. The molecule has 0 aromatic heterocycles. The van der Waals surface area contributed by atoms with Gasteiger partial charge >= 0.3 is 175 Å². The highest BCUT2D eigenvalue weighted by Crippen LogP contribution is 2.32. The molecule has 2 saturated carbocycles. The molecule has 146 heavy (non-hydrogen) atoms. The van der Waals surface area contributed by atoms with E-state index in [0.717, 1.165) is 88.2 Å². The molecule has 7 heterocycles. The molecule has 14 atom stereocenters. The monoisotopic (exact) mass is 2230 g/mol. The molecule has 2 aromatic rings. The van der Waals surface area contributed by atoms with Gasteiger partial charge in [-0.15, -0.1) is 12.8 Å². The minimum Gasteiger partial charge on any atom is -0.464 e. The molecule has 7 saturated heterocycles. The molecule has 0 N–H and O–H groups in total. The highest BCUT2D eigenvalue weighted by molar-refractivity contribution is 7.76. The first-order valence-electron chi connectivity index (χ1n) is 43.4. The molecule has 0 radical (unpaired) electrons. The first-order valence-corrected chi connectivity index (χ1v) is 50.4. The predicted molar refractivity (Wildman–Crippen MR) is 474 cm³/mol. The van der Waals surface area contributed by atoms with Gasteiger partial charge in [0.05, 0.1) is 25.4 Å². The largest absolute Gasteiger partial charge is 0.464 e. The van der Waals surface area contributed by atoms with Gasteiger partial charge in [-0.3, -0.25) is 0 Å². The summed E-state index contributed by atoms with van der Waals surface area (Å²) in [6.45, 7) is 12.8. The predicted octanol–water partition coefficient (Wildman–Crippen LogP) is 4.29. The van der Waals surface area contributed by atoms with Gasteiger partial charge in [0.15, 0.2) is 26.4 Å². The molecule has 2 aliphatic carbocycles. The van der Waals surface area contributed by atoms with E-state index in [4.69, 9.17) is 84.2 Å². The van der Waals surface area contributed by atoms with E-state index in [0.29, 0.717) is 12.8 Å². The summed E-state index contributed by atoms with van der Waals surface area (Å²) in [5.74, 6) is -9.39. The number of benzene rings is 2. The van der Waals surface area contributed by atoms with Crippen LogP contribution in [0.25, 0.3) is 0 Å². The van der Waals surface area contributed by atoms with Crippen LogP contribution in [0.1, 0.15) is 143 Å². The lowest BCUT2D eigenvalue weighted by Crippen LogP contribution is -2.42. The van der Waals surface area contributed by atoms with Crippen molar-refractivity contribution >= 4 is 163 Å². The normalized spacial score (nSPS) is 26.4. The van der Waals surface area contributed by atoms with Crippen molar-refractivity contribution in [2.24, 2.45) is 0 Å². The molecule has 11 rings (SSSR count). The van der Waals surface area contributed by atoms with Crippen LogP contribution in [0.15, 0.2) is 86.0 Å². The van der Waals surface area contributed by atoms with Crippen LogP contribution in [-0.2, 0) is 285 Å². The number of esters is 14. The van der Waals surface area contributed by atoms with Crippen LogP contribution in [0.3, 0.4) is 0 Å². The number of terminal acetylenes is 2. The summed E-state index contributed by atoms with van der Waals surface area (Å²) in [6.07, 6.45) is -6.94. The first kappa shape index (κ1) is 126. The van der Waals surface area contributed by atoms with Crippen molar-refractivity contribution in [2.75, 3.05) is 52.9 Å². The van der Waals surface area contributed by atoms with Gasteiger partial charge < -0.3 is 66.3 Å². The highest BCUT2D eigenvalue weighted by Gasteiger charge is 2.55. The first-order chi connectivity index (χ1) is 69.2. The molecule has 0 spiro atoms. The van der Waals surface area contributed by atoms with E-state index < -0.39 is 274 Å². The van der Waals surface area contributed by atoms with E-state index in [2.05, 4.69) is 78.5 Å². The lowest BCUT2D eigenvalue weighted by atomic mass is 9.97. The Morgan fingerprint density at radius 3 is 0.781 bits per heavy atom. The maximum Gasteiger partial charge on any atom is 0.422 e. The molecule has 9 fully saturated rings. The van der Waals surface area contributed by atoms with Gasteiger partial charge in [-0.1, -0.05) is 137 Å². The number of alkyl halides is 6. The van der Waals surface area contributed by atoms with Crippen molar-refractivity contribution in [2.45, 2.75) is 267 Å². The van der Waals surface area contributed by atoms with Crippen molar-refractivity contribution in [3.8, 4) is 24.7 Å². The zero-order valence-electron chi connectivity index (χ0n) is 78.0. The molecular weight excluding hydrogens is 2130 g/mol. The number of ether oxygens (including phenoxy) is 14. The molecule has 9 aliphatic rings. The summed E-state index contributed by atoms with van der Waals surface area (Å²) >= 11 is -15.8. The Labute approximate surface area is 847 Å². The molecule has 62 heteroatoms. The zero-order valence-corrected chi connectivity index (χ0v) is 83.7. The third-order valence-electron chi connectivity index (χ3n) is 18.1. The second kappa shape index (κ2) is 66.2. The summed E-state index contributed by atoms with van der Waals surface area (Å²) in [6, 6.07) is 18.0. The number of hydrogen-bond donors (Lipinski definition) is 0. The average Bonchev–Trinajstić information content (AvgIpc) is 1.62. The SMILES string of the molecule is C#CCOC(=O)C1OS(=O)OC1C(=O)OCC#C.C=CCOC(=O)C1OS(=O)OC1C(=O)OCC=C.CC(C)OC(=O)C1OS(=O)OC1C(=O)OC(C)C.CCCCOC(=O)C1OS(=O)OC1C(=O)OCCCC.O=C(OC1CCCCC1)C1OS(=O)OC1C(=O)OC1CCCCC1.O=C(OCC(F)(F)F)C1OS(=O)OC1C(=O)OCC(F)(F)F.O=C(OCc1ccccc1)C1OS(=O)OC1C(=O)OCc1ccccc1. The molecule has 0 bridgehead atoms. The minimum absolute atomic E-state index is 0.00203. The topological polar surface area (TPSA) is 617 Å². The second-order valence-electron chi connectivity index (χ2n) is 30.2. The van der Waals surface area contributed by atoms with Crippen LogP contribution >= 0.6 is 0 Å². The minimum atomic E-state index is -4.89. The fraction of sp³-hybridized carbons (Fsp3) is 0.595. The summed E-state index contributed by atoms with van der Waals surface area (Å²) < 4.78 is 281. The maximum absolute atomic E-state index is 12.3. The van der Waals surface area contributed by atoms with Gasteiger partial charge in [-0.25, -0.2) is 126 Å². The number of unbranched alkanes of at least 4 members (excludes halogenated alkanes) is 2. The number of carbonyl (C=O) groups excluding carboxylic acids is 14. The Morgan fingerprint density at radius 2 is 0.555 bits per heavy atom. The van der Waals surface area contributed by atoms with Crippen LogP contribution in [0.4, 0.5) is 26.3 Å². The average molecular weight is 2230 g/mol. The molecule has 7 aliphatic heterocycles. The number of halogens is 6. The summed E-state index contributed by atoms with van der Waals surface area (Å²) in [7, 11) is 0. The Bertz CT molecular complexity index is 4650. The third kappa shape index (κ3) is 46.2. The van der Waals surface area contributed by atoms with Crippen molar-refractivity contribution in [3.63, 3.8) is 0 Å². The molecule has 14 unspecified atom stereocenters. The Balaban J connectivity index is 0.000000301. The standard InChI is InChI=1S/C18H16O7S.C16H24O7S.C12H20O7S.C10H16O7S.C10H12O7S.C10H8O7S.C8H6F6O7S/c19-17(22-11-13-7-3-1-4-8-13)15-16(25-26(21)24-15)18(20)23-12-14-9-5-2-6-10-14;17-15(20-11-7-3-1-4-8-11)13-14(23-24(19)22-13)16(18)21-12-9-5-2-6-10-12;1-3-5-7-16-11(13)9-10(19-20(15)18-9)12(14)17-8-6-4-2;1-5(2)14-9(11)7-8(17-18(13)16-7)10(12)15-6(3)4;2*1-3-5-14-9(11)7-8(17-18(13)16-7)10(12)15-6-4-2;9-7(10,11)1-18-5(15)3-4(21-22(17)20-3)6(16)19-2-8(12,13)14/h1-10,15-16H,11-12H2;11-14H,1-10H2;9-10H,3-8H2,1-2H3;5-8H,1-4H3;3-4,7-8H,1-2,5-6H2;1-2,7-8H,5-6H2;3-4H,1-2H2.